The van der Waals surface area contributed by atoms with Crippen molar-refractivity contribution in [1.82, 2.24) is 5.32 Å². The molecule has 1 fully saturated rings. The van der Waals surface area contributed by atoms with E-state index in [-0.39, 0.29) is 11.9 Å². The van der Waals surface area contributed by atoms with E-state index in [0.29, 0.717) is 11.3 Å². The third-order valence-electron chi connectivity index (χ3n) is 5.20. The van der Waals surface area contributed by atoms with Crippen LogP contribution < -0.4 is 5.32 Å². The van der Waals surface area contributed by atoms with Crippen LogP contribution >= 0.6 is 0 Å². The average molecular weight is 291 g/mol. The van der Waals surface area contributed by atoms with Crippen LogP contribution in [-0.2, 0) is 0 Å². The molecule has 0 amide bonds. The molecule has 118 valence electrons. The highest BCUT2D eigenvalue weighted by atomic mass is 19.1. The van der Waals surface area contributed by atoms with Gasteiger partial charge in [-0.2, -0.15) is 0 Å². The normalized spacial score (nSPS) is 24.9. The quantitative estimate of drug-likeness (QED) is 0.802. The van der Waals surface area contributed by atoms with Crippen LogP contribution in [0.1, 0.15) is 63.6 Å². The van der Waals surface area contributed by atoms with Gasteiger partial charge in [-0.15, -0.1) is 0 Å². The number of hydrogen-bond donors (Lipinski definition) is 1. The summed E-state index contributed by atoms with van der Waals surface area (Å²) in [5.41, 5.74) is 2.53. The zero-order valence-corrected chi connectivity index (χ0v) is 14.2. The predicted molar refractivity (Wildman–Crippen MR) is 87.8 cm³/mol. The molecule has 0 aliphatic heterocycles. The largest absolute Gasteiger partial charge is 0.313 e. The van der Waals surface area contributed by atoms with E-state index in [1.807, 2.05) is 14.0 Å². The topological polar surface area (TPSA) is 12.0 Å². The van der Waals surface area contributed by atoms with Crippen molar-refractivity contribution in [2.75, 3.05) is 7.05 Å². The van der Waals surface area contributed by atoms with E-state index in [1.165, 1.54) is 25.7 Å². The molecule has 1 aliphatic rings. The van der Waals surface area contributed by atoms with E-state index >= 15 is 0 Å². The van der Waals surface area contributed by atoms with Crippen LogP contribution in [0.15, 0.2) is 18.2 Å². The maximum atomic E-state index is 13.7. The molecule has 2 rings (SSSR count). The van der Waals surface area contributed by atoms with Gasteiger partial charge in [0.2, 0.25) is 0 Å². The lowest BCUT2D eigenvalue weighted by Gasteiger charge is -2.39. The summed E-state index contributed by atoms with van der Waals surface area (Å²) in [5.74, 6) is 1.32. The van der Waals surface area contributed by atoms with Crippen molar-refractivity contribution >= 4 is 0 Å². The summed E-state index contributed by atoms with van der Waals surface area (Å²) in [5, 5.41) is 3.43. The fourth-order valence-corrected chi connectivity index (χ4v) is 3.94. The SMILES string of the molecule is CNC(c1cc(C)cc(F)c1)C1CCC(C(C)(C)C)CC1. The number of halogens is 1. The number of aryl methyl sites for hydroxylation is 1. The molecule has 1 aromatic rings. The van der Waals surface area contributed by atoms with Crippen molar-refractivity contribution in [2.24, 2.45) is 17.3 Å². The Bertz CT molecular complexity index is 447. The van der Waals surface area contributed by atoms with Gasteiger partial charge in [-0.3, -0.25) is 0 Å². The molecule has 21 heavy (non-hydrogen) atoms. The minimum absolute atomic E-state index is 0.117. The number of nitrogens with one attached hydrogen (secondary N) is 1. The Hall–Kier alpha value is -0.890. The Balaban J connectivity index is 2.09. The minimum atomic E-state index is -0.117. The maximum absolute atomic E-state index is 13.7. The predicted octanol–water partition coefficient (Wildman–Crippen LogP) is 5.25. The maximum Gasteiger partial charge on any atom is 0.123 e. The van der Waals surface area contributed by atoms with E-state index in [1.54, 1.807) is 12.1 Å². The third-order valence-corrected chi connectivity index (χ3v) is 5.20. The van der Waals surface area contributed by atoms with Crippen LogP contribution in [-0.4, -0.2) is 7.05 Å². The monoisotopic (exact) mass is 291 g/mol. The van der Waals surface area contributed by atoms with Gasteiger partial charge in [-0.25, -0.2) is 4.39 Å². The van der Waals surface area contributed by atoms with E-state index in [0.717, 1.165) is 17.0 Å². The van der Waals surface area contributed by atoms with Gasteiger partial charge in [0.25, 0.3) is 0 Å². The highest BCUT2D eigenvalue weighted by molar-refractivity contribution is 5.27. The van der Waals surface area contributed by atoms with Gasteiger partial charge in [0, 0.05) is 6.04 Å². The first-order valence-corrected chi connectivity index (χ1v) is 8.25. The van der Waals surface area contributed by atoms with E-state index < -0.39 is 0 Å². The molecule has 0 spiro atoms. The first-order valence-electron chi connectivity index (χ1n) is 8.25. The summed E-state index contributed by atoms with van der Waals surface area (Å²) >= 11 is 0. The summed E-state index contributed by atoms with van der Waals surface area (Å²) in [4.78, 5) is 0. The molecule has 1 N–H and O–H groups in total. The van der Waals surface area contributed by atoms with Gasteiger partial charge >= 0.3 is 0 Å². The lowest BCUT2D eigenvalue weighted by molar-refractivity contribution is 0.134. The van der Waals surface area contributed by atoms with Crippen LogP contribution in [0.3, 0.4) is 0 Å². The standard InChI is InChI=1S/C19H30FN/c1-13-10-15(12-17(20)11-13)18(21-5)14-6-8-16(9-7-14)19(2,3)4/h10-12,14,16,18,21H,6-9H2,1-5H3. The lowest BCUT2D eigenvalue weighted by Crippen LogP contribution is -2.32. The molecule has 0 aromatic heterocycles. The van der Waals surface area contributed by atoms with Gasteiger partial charge in [0.1, 0.15) is 5.82 Å². The molecule has 0 radical (unpaired) electrons. The molecule has 1 unspecified atom stereocenters. The molecular weight excluding hydrogens is 261 g/mol. The Morgan fingerprint density at radius 1 is 1.10 bits per heavy atom. The molecule has 1 atom stereocenters. The molecule has 1 nitrogen and oxygen atoms in total. The lowest BCUT2D eigenvalue weighted by atomic mass is 9.68. The third kappa shape index (κ3) is 4.06. The number of hydrogen-bond acceptors (Lipinski definition) is 1. The molecule has 0 heterocycles. The Labute approximate surface area is 129 Å². The van der Waals surface area contributed by atoms with Gasteiger partial charge in [-0.1, -0.05) is 26.8 Å². The van der Waals surface area contributed by atoms with Crippen molar-refractivity contribution in [3.05, 3.63) is 35.1 Å². The Kier molecular flexibility index (Phi) is 5.08. The van der Waals surface area contributed by atoms with Crippen molar-refractivity contribution < 1.29 is 4.39 Å². The van der Waals surface area contributed by atoms with Crippen LogP contribution in [0.5, 0.6) is 0 Å². The fourth-order valence-electron chi connectivity index (χ4n) is 3.94. The molecule has 1 aliphatic carbocycles. The zero-order valence-electron chi connectivity index (χ0n) is 14.2. The van der Waals surface area contributed by atoms with Crippen molar-refractivity contribution in [3.8, 4) is 0 Å². The summed E-state index contributed by atoms with van der Waals surface area (Å²) < 4.78 is 13.7. The summed E-state index contributed by atoms with van der Waals surface area (Å²) in [6.45, 7) is 9.02. The number of benzene rings is 1. The molecule has 0 bridgehead atoms. The Morgan fingerprint density at radius 2 is 1.71 bits per heavy atom. The Morgan fingerprint density at radius 3 is 2.19 bits per heavy atom. The second-order valence-corrected chi connectivity index (χ2v) is 7.81. The van der Waals surface area contributed by atoms with E-state index in [4.69, 9.17) is 0 Å². The second kappa shape index (κ2) is 6.48. The molecule has 2 heteroatoms. The summed E-state index contributed by atoms with van der Waals surface area (Å²) in [6.07, 6.45) is 5.06. The average Bonchev–Trinajstić information content (AvgIpc) is 2.38. The zero-order chi connectivity index (χ0) is 15.6. The van der Waals surface area contributed by atoms with Crippen molar-refractivity contribution in [1.29, 1.82) is 0 Å². The van der Waals surface area contributed by atoms with Crippen LogP contribution in [0.25, 0.3) is 0 Å². The van der Waals surface area contributed by atoms with Gasteiger partial charge in [0.15, 0.2) is 0 Å². The van der Waals surface area contributed by atoms with Gasteiger partial charge < -0.3 is 5.32 Å². The van der Waals surface area contributed by atoms with Crippen LogP contribution in [0.2, 0.25) is 0 Å². The smallest absolute Gasteiger partial charge is 0.123 e. The van der Waals surface area contributed by atoms with Crippen molar-refractivity contribution in [3.63, 3.8) is 0 Å². The molecule has 1 aromatic carbocycles. The highest BCUT2D eigenvalue weighted by Crippen LogP contribution is 2.43. The fraction of sp³-hybridized carbons (Fsp3) is 0.684. The number of rotatable bonds is 3. The molecular formula is C19H30FN. The van der Waals surface area contributed by atoms with E-state index in [9.17, 15) is 4.39 Å². The van der Waals surface area contributed by atoms with Crippen LogP contribution in [0, 0.1) is 30.0 Å². The highest BCUT2D eigenvalue weighted by Gasteiger charge is 2.33. The molecule has 0 saturated heterocycles. The van der Waals surface area contributed by atoms with Gasteiger partial charge in [-0.05, 0) is 80.2 Å². The second-order valence-electron chi connectivity index (χ2n) is 7.81. The summed E-state index contributed by atoms with van der Waals surface area (Å²) in [6, 6.07) is 5.71. The first-order chi connectivity index (χ1) is 9.81. The minimum Gasteiger partial charge on any atom is -0.313 e. The van der Waals surface area contributed by atoms with E-state index in [2.05, 4.69) is 32.2 Å². The van der Waals surface area contributed by atoms with Gasteiger partial charge in [0.05, 0.1) is 0 Å². The first kappa shape index (κ1) is 16.5. The summed E-state index contributed by atoms with van der Waals surface area (Å²) in [7, 11) is 2.00. The van der Waals surface area contributed by atoms with Crippen LogP contribution in [0.4, 0.5) is 4.39 Å². The van der Waals surface area contributed by atoms with Crippen molar-refractivity contribution in [2.45, 2.75) is 59.4 Å². The molecule has 1 saturated carbocycles.